The smallest absolute Gasteiger partial charge is 0.372 e. The second-order valence-corrected chi connectivity index (χ2v) is 7.00. The topological polar surface area (TPSA) is 65.2 Å². The number of H-pyrrole nitrogens is 1. The molecule has 1 saturated heterocycles. The number of anilines is 2. The van der Waals surface area contributed by atoms with Gasteiger partial charge in [-0.2, -0.15) is 13.2 Å². The Labute approximate surface area is 160 Å². The molecule has 150 valence electrons. The van der Waals surface area contributed by atoms with Gasteiger partial charge in [0.15, 0.2) is 0 Å². The van der Waals surface area contributed by atoms with Crippen LogP contribution in [0.1, 0.15) is 31.2 Å². The maximum atomic E-state index is 12.7. The minimum Gasteiger partial charge on any atom is -0.372 e. The molecule has 0 radical (unpaired) electrons. The Hall–Kier alpha value is -2.77. The molecule has 0 bridgehead atoms. The van der Waals surface area contributed by atoms with E-state index in [1.807, 2.05) is 0 Å². The van der Waals surface area contributed by atoms with Gasteiger partial charge >= 0.3 is 6.18 Å². The quantitative estimate of drug-likeness (QED) is 0.806. The molecule has 28 heavy (non-hydrogen) atoms. The molecule has 1 aromatic carbocycles. The molecule has 2 heterocycles. The predicted molar refractivity (Wildman–Crippen MR) is 101 cm³/mol. The lowest BCUT2D eigenvalue weighted by atomic mass is 9.91. The van der Waals surface area contributed by atoms with Crippen LogP contribution in [-0.4, -0.2) is 24.0 Å². The molecule has 0 unspecified atom stereocenters. The highest BCUT2D eigenvalue weighted by Gasteiger charge is 2.30. The largest absolute Gasteiger partial charge is 0.416 e. The Morgan fingerprint density at radius 2 is 1.79 bits per heavy atom. The third kappa shape index (κ3) is 5.37. The van der Waals surface area contributed by atoms with E-state index in [1.165, 1.54) is 24.4 Å². The number of rotatable bonds is 5. The first-order chi connectivity index (χ1) is 13.3. The highest BCUT2D eigenvalue weighted by atomic mass is 19.4. The SMILES string of the molecule is O=C(CCC1CCN(c2ccc(C(F)(F)F)cc2)CC1)Nc1ccc(=O)[nH]c1. The molecule has 8 heteroatoms. The second-order valence-electron chi connectivity index (χ2n) is 7.00. The number of nitrogens with zero attached hydrogens (tertiary/aromatic N) is 1. The van der Waals surface area contributed by atoms with E-state index in [9.17, 15) is 22.8 Å². The van der Waals surface area contributed by atoms with Gasteiger partial charge in [0.2, 0.25) is 11.5 Å². The van der Waals surface area contributed by atoms with Gasteiger partial charge in [-0.25, -0.2) is 0 Å². The number of amides is 1. The molecule has 0 spiro atoms. The molecular formula is C20H22F3N3O2. The van der Waals surface area contributed by atoms with Crippen molar-refractivity contribution in [2.75, 3.05) is 23.3 Å². The minimum atomic E-state index is -4.32. The monoisotopic (exact) mass is 393 g/mol. The van der Waals surface area contributed by atoms with E-state index in [-0.39, 0.29) is 11.5 Å². The van der Waals surface area contributed by atoms with Crippen molar-refractivity contribution >= 4 is 17.3 Å². The first-order valence-electron chi connectivity index (χ1n) is 9.22. The molecule has 5 nitrogen and oxygen atoms in total. The Morgan fingerprint density at radius 1 is 1.11 bits per heavy atom. The number of carbonyl (C=O) groups excluding carboxylic acids is 1. The van der Waals surface area contributed by atoms with Crippen LogP contribution in [0.4, 0.5) is 24.5 Å². The summed E-state index contributed by atoms with van der Waals surface area (Å²) in [5.74, 6) is 0.309. The van der Waals surface area contributed by atoms with Crippen LogP contribution >= 0.6 is 0 Å². The van der Waals surface area contributed by atoms with Gasteiger partial charge in [0.1, 0.15) is 0 Å². The molecule has 2 N–H and O–H groups in total. The van der Waals surface area contributed by atoms with Crippen molar-refractivity contribution in [2.24, 2.45) is 5.92 Å². The van der Waals surface area contributed by atoms with E-state index in [1.54, 1.807) is 6.07 Å². The minimum absolute atomic E-state index is 0.0998. The van der Waals surface area contributed by atoms with Crippen molar-refractivity contribution in [3.05, 3.63) is 58.5 Å². The lowest BCUT2D eigenvalue weighted by molar-refractivity contribution is -0.137. The molecule has 1 amide bonds. The maximum absolute atomic E-state index is 12.7. The molecule has 1 aliphatic rings. The highest BCUT2D eigenvalue weighted by molar-refractivity contribution is 5.90. The van der Waals surface area contributed by atoms with E-state index < -0.39 is 11.7 Å². The van der Waals surface area contributed by atoms with Crippen LogP contribution in [0.2, 0.25) is 0 Å². The lowest BCUT2D eigenvalue weighted by Gasteiger charge is -2.33. The Balaban J connectivity index is 1.43. The number of nitrogens with one attached hydrogen (secondary N) is 2. The van der Waals surface area contributed by atoms with Crippen LogP contribution in [-0.2, 0) is 11.0 Å². The van der Waals surface area contributed by atoms with Crippen molar-refractivity contribution < 1.29 is 18.0 Å². The normalized spacial score (nSPS) is 15.5. The van der Waals surface area contributed by atoms with Crippen LogP contribution in [0.25, 0.3) is 0 Å². The summed E-state index contributed by atoms with van der Waals surface area (Å²) >= 11 is 0. The molecule has 2 aromatic rings. The van der Waals surface area contributed by atoms with E-state index in [0.717, 1.165) is 50.2 Å². The van der Waals surface area contributed by atoms with Crippen molar-refractivity contribution in [1.29, 1.82) is 0 Å². The zero-order chi connectivity index (χ0) is 20.1. The van der Waals surface area contributed by atoms with Crippen molar-refractivity contribution in [2.45, 2.75) is 31.9 Å². The van der Waals surface area contributed by atoms with Gasteiger partial charge in [-0.3, -0.25) is 9.59 Å². The fourth-order valence-corrected chi connectivity index (χ4v) is 3.39. The molecule has 3 rings (SSSR count). The molecule has 0 aliphatic carbocycles. The summed E-state index contributed by atoms with van der Waals surface area (Å²) in [4.78, 5) is 27.6. The molecular weight excluding hydrogens is 371 g/mol. The molecule has 0 atom stereocenters. The van der Waals surface area contributed by atoms with Gasteiger partial charge in [0.25, 0.3) is 0 Å². The van der Waals surface area contributed by atoms with Crippen LogP contribution < -0.4 is 15.8 Å². The Bertz CT molecular complexity index is 834. The van der Waals surface area contributed by atoms with Gasteiger partial charge in [-0.15, -0.1) is 0 Å². The molecule has 1 aromatic heterocycles. The number of aromatic nitrogens is 1. The number of hydrogen-bond acceptors (Lipinski definition) is 3. The zero-order valence-corrected chi connectivity index (χ0v) is 15.3. The number of aromatic amines is 1. The zero-order valence-electron chi connectivity index (χ0n) is 15.3. The van der Waals surface area contributed by atoms with E-state index in [0.29, 0.717) is 18.0 Å². The van der Waals surface area contributed by atoms with Crippen molar-refractivity contribution in [1.82, 2.24) is 4.98 Å². The number of hydrogen-bond donors (Lipinski definition) is 2. The summed E-state index contributed by atoms with van der Waals surface area (Å²) in [5, 5.41) is 2.75. The van der Waals surface area contributed by atoms with Gasteiger partial charge in [-0.05, 0) is 55.5 Å². The van der Waals surface area contributed by atoms with Crippen molar-refractivity contribution in [3.8, 4) is 0 Å². The summed E-state index contributed by atoms with van der Waals surface area (Å²) in [6.45, 7) is 1.52. The maximum Gasteiger partial charge on any atom is 0.416 e. The fourth-order valence-electron chi connectivity index (χ4n) is 3.39. The highest BCUT2D eigenvalue weighted by Crippen LogP contribution is 2.32. The van der Waals surface area contributed by atoms with Gasteiger partial charge in [0.05, 0.1) is 11.3 Å². The third-order valence-electron chi connectivity index (χ3n) is 5.02. The first-order valence-corrected chi connectivity index (χ1v) is 9.22. The summed E-state index contributed by atoms with van der Waals surface area (Å²) < 4.78 is 38.0. The molecule has 1 fully saturated rings. The molecule has 1 aliphatic heterocycles. The van der Waals surface area contributed by atoms with Gasteiger partial charge < -0.3 is 15.2 Å². The van der Waals surface area contributed by atoms with E-state index in [4.69, 9.17) is 0 Å². The number of piperidine rings is 1. The van der Waals surface area contributed by atoms with Gasteiger partial charge in [-0.1, -0.05) is 0 Å². The third-order valence-corrected chi connectivity index (χ3v) is 5.02. The second kappa shape index (κ2) is 8.50. The van der Waals surface area contributed by atoms with Crippen LogP contribution in [0.5, 0.6) is 0 Å². The number of carbonyl (C=O) groups is 1. The van der Waals surface area contributed by atoms with Crippen LogP contribution in [0.15, 0.2) is 47.4 Å². The average molecular weight is 393 g/mol. The predicted octanol–water partition coefficient (Wildman–Crippen LogP) is 4.03. The van der Waals surface area contributed by atoms with Crippen LogP contribution in [0.3, 0.4) is 0 Å². The first kappa shape index (κ1) is 20.0. The fraction of sp³-hybridized carbons (Fsp3) is 0.400. The summed E-state index contributed by atoms with van der Waals surface area (Å²) in [6.07, 6.45) is 0.0873. The standard InChI is InChI=1S/C20H22F3N3O2/c21-20(22,23)15-2-5-17(6-3-15)26-11-9-14(10-12-26)1-7-19(28)25-16-4-8-18(27)24-13-16/h2-6,8,13-14H,1,7,9-12H2,(H,24,27)(H,25,28). The summed E-state index contributed by atoms with van der Waals surface area (Å²) in [6, 6.07) is 8.17. The average Bonchev–Trinajstić information content (AvgIpc) is 2.68. The van der Waals surface area contributed by atoms with E-state index in [2.05, 4.69) is 15.2 Å². The molecule has 0 saturated carbocycles. The number of alkyl halides is 3. The number of benzene rings is 1. The Morgan fingerprint density at radius 3 is 2.36 bits per heavy atom. The lowest BCUT2D eigenvalue weighted by Crippen LogP contribution is -2.34. The van der Waals surface area contributed by atoms with Crippen molar-refractivity contribution in [3.63, 3.8) is 0 Å². The van der Waals surface area contributed by atoms with E-state index >= 15 is 0 Å². The summed E-state index contributed by atoms with van der Waals surface area (Å²) in [7, 11) is 0. The van der Waals surface area contributed by atoms with Crippen LogP contribution in [0, 0.1) is 5.92 Å². The number of halogens is 3. The number of pyridine rings is 1. The van der Waals surface area contributed by atoms with Gasteiger partial charge in [0, 0.05) is 37.5 Å². The summed E-state index contributed by atoms with van der Waals surface area (Å²) in [5.41, 5.74) is 0.487. The Kier molecular flexibility index (Phi) is 6.06.